The van der Waals surface area contributed by atoms with Crippen LogP contribution in [0.15, 0.2) is 47.4 Å². The van der Waals surface area contributed by atoms with E-state index in [2.05, 4.69) is 27.3 Å². The van der Waals surface area contributed by atoms with Gasteiger partial charge in [0.25, 0.3) is 10.0 Å². The highest BCUT2D eigenvalue weighted by atomic mass is 127. The van der Waals surface area contributed by atoms with Gasteiger partial charge in [-0.2, -0.15) is 0 Å². The summed E-state index contributed by atoms with van der Waals surface area (Å²) in [6.45, 7) is 0. The molecule has 0 aromatic heterocycles. The highest BCUT2D eigenvalue weighted by Crippen LogP contribution is 2.22. The van der Waals surface area contributed by atoms with Gasteiger partial charge in [-0.1, -0.05) is 0 Å². The van der Waals surface area contributed by atoms with E-state index in [-0.39, 0.29) is 10.6 Å². The molecule has 2 aromatic carbocycles. The van der Waals surface area contributed by atoms with E-state index < -0.39 is 15.8 Å². The van der Waals surface area contributed by atoms with Gasteiger partial charge < -0.3 is 5.73 Å². The van der Waals surface area contributed by atoms with Gasteiger partial charge in [-0.15, -0.1) is 0 Å². The average molecular weight is 392 g/mol. The molecule has 2 aromatic rings. The number of nitrogen functional groups attached to an aromatic ring is 1. The molecule has 0 spiro atoms. The molecule has 100 valence electrons. The summed E-state index contributed by atoms with van der Waals surface area (Å²) in [5.41, 5.74) is 5.96. The van der Waals surface area contributed by atoms with Crippen molar-refractivity contribution in [2.45, 2.75) is 4.90 Å². The Morgan fingerprint density at radius 3 is 2.37 bits per heavy atom. The molecule has 0 radical (unpaired) electrons. The smallest absolute Gasteiger partial charge is 0.264 e. The van der Waals surface area contributed by atoms with Gasteiger partial charge in [0.15, 0.2) is 0 Å². The summed E-state index contributed by atoms with van der Waals surface area (Å²) in [7, 11) is -3.90. The van der Waals surface area contributed by atoms with Crippen molar-refractivity contribution in [3.8, 4) is 0 Å². The summed E-state index contributed by atoms with van der Waals surface area (Å²) in [4.78, 5) is -0.272. The van der Waals surface area contributed by atoms with Crippen molar-refractivity contribution in [1.82, 2.24) is 0 Å². The Kier molecular flexibility index (Phi) is 3.95. The molecule has 0 unspecified atom stereocenters. The fourth-order valence-corrected chi connectivity index (χ4v) is 3.03. The minimum atomic E-state index is -3.90. The number of hydrogen-bond acceptors (Lipinski definition) is 3. The van der Waals surface area contributed by atoms with Crippen LogP contribution in [0.3, 0.4) is 0 Å². The second-order valence-electron chi connectivity index (χ2n) is 3.79. The van der Waals surface area contributed by atoms with Crippen molar-refractivity contribution in [1.29, 1.82) is 0 Å². The molecule has 0 fully saturated rings. The van der Waals surface area contributed by atoms with Crippen LogP contribution in [0.2, 0.25) is 0 Å². The van der Waals surface area contributed by atoms with Gasteiger partial charge >= 0.3 is 0 Å². The second kappa shape index (κ2) is 5.33. The third-order valence-electron chi connectivity index (χ3n) is 2.36. The number of nitrogens with one attached hydrogen (secondary N) is 1. The summed E-state index contributed by atoms with van der Waals surface area (Å²) in [5, 5.41) is 0. The summed E-state index contributed by atoms with van der Waals surface area (Å²) < 4.78 is 40.6. The van der Waals surface area contributed by atoms with Gasteiger partial charge in [-0.05, 0) is 65.1 Å². The van der Waals surface area contributed by atoms with Crippen molar-refractivity contribution >= 4 is 44.0 Å². The maximum Gasteiger partial charge on any atom is 0.264 e. The maximum absolute atomic E-state index is 13.1. The van der Waals surface area contributed by atoms with Crippen LogP contribution < -0.4 is 10.5 Å². The molecule has 0 saturated carbocycles. The first-order chi connectivity index (χ1) is 8.88. The standard InChI is InChI=1S/C12H10FIN2O2S/c13-8-1-6-11(15)12(7-8)19(17,18)16-10-4-2-9(14)3-5-10/h1-7,16H,15H2. The third kappa shape index (κ3) is 3.35. The molecule has 2 rings (SSSR count). The van der Waals surface area contributed by atoms with E-state index >= 15 is 0 Å². The molecule has 0 amide bonds. The third-order valence-corrected chi connectivity index (χ3v) is 4.52. The lowest BCUT2D eigenvalue weighted by Crippen LogP contribution is -2.15. The van der Waals surface area contributed by atoms with Crippen LogP contribution in [0.1, 0.15) is 0 Å². The first-order valence-electron chi connectivity index (χ1n) is 5.22. The predicted octanol–water partition coefficient (Wildman–Crippen LogP) is 2.81. The Balaban J connectivity index is 2.37. The number of rotatable bonds is 3. The Hall–Kier alpha value is -1.35. The van der Waals surface area contributed by atoms with Gasteiger partial charge in [0, 0.05) is 9.26 Å². The van der Waals surface area contributed by atoms with Crippen molar-refractivity contribution in [3.63, 3.8) is 0 Å². The van der Waals surface area contributed by atoms with Gasteiger partial charge in [-0.3, -0.25) is 4.72 Å². The Morgan fingerprint density at radius 1 is 1.11 bits per heavy atom. The quantitative estimate of drug-likeness (QED) is 0.624. The van der Waals surface area contributed by atoms with Crippen LogP contribution in [-0.2, 0) is 10.0 Å². The molecule has 7 heteroatoms. The zero-order valence-electron chi connectivity index (χ0n) is 9.60. The van der Waals surface area contributed by atoms with Crippen LogP contribution >= 0.6 is 22.6 Å². The lowest BCUT2D eigenvalue weighted by molar-refractivity contribution is 0.596. The van der Waals surface area contributed by atoms with E-state index in [1.165, 1.54) is 6.07 Å². The summed E-state index contributed by atoms with van der Waals surface area (Å²) in [6, 6.07) is 9.98. The van der Waals surface area contributed by atoms with Crippen LogP contribution in [0.4, 0.5) is 15.8 Å². The zero-order valence-corrected chi connectivity index (χ0v) is 12.6. The predicted molar refractivity (Wildman–Crippen MR) is 80.8 cm³/mol. The van der Waals surface area contributed by atoms with Gasteiger partial charge in [0.05, 0.1) is 5.69 Å². The fraction of sp³-hybridized carbons (Fsp3) is 0. The van der Waals surface area contributed by atoms with E-state index in [4.69, 9.17) is 5.73 Å². The fourth-order valence-electron chi connectivity index (χ4n) is 1.47. The molecular formula is C12H10FIN2O2S. The van der Waals surface area contributed by atoms with Gasteiger partial charge in [0.2, 0.25) is 0 Å². The molecule has 0 saturated heterocycles. The molecule has 0 heterocycles. The van der Waals surface area contributed by atoms with E-state index in [0.717, 1.165) is 15.7 Å². The number of sulfonamides is 1. The highest BCUT2D eigenvalue weighted by Gasteiger charge is 2.18. The summed E-state index contributed by atoms with van der Waals surface area (Å²) >= 11 is 2.11. The number of benzene rings is 2. The molecule has 3 N–H and O–H groups in total. The second-order valence-corrected chi connectivity index (χ2v) is 6.69. The number of halogens is 2. The molecule has 4 nitrogen and oxygen atoms in total. The molecule has 0 aliphatic rings. The highest BCUT2D eigenvalue weighted by molar-refractivity contribution is 14.1. The van der Waals surface area contributed by atoms with Crippen molar-refractivity contribution in [2.24, 2.45) is 0 Å². The largest absolute Gasteiger partial charge is 0.398 e. The lowest BCUT2D eigenvalue weighted by Gasteiger charge is -2.10. The topological polar surface area (TPSA) is 72.2 Å². The SMILES string of the molecule is Nc1ccc(F)cc1S(=O)(=O)Nc1ccc(I)cc1. The van der Waals surface area contributed by atoms with Gasteiger partial charge in [0.1, 0.15) is 10.7 Å². The monoisotopic (exact) mass is 392 g/mol. The molecule has 0 bridgehead atoms. The van der Waals surface area contributed by atoms with Crippen molar-refractivity contribution in [3.05, 3.63) is 51.9 Å². The number of nitrogens with two attached hydrogens (primary N) is 1. The van der Waals surface area contributed by atoms with Crippen LogP contribution in [0.25, 0.3) is 0 Å². The molecule has 0 aliphatic heterocycles. The number of anilines is 2. The molecule has 0 aliphatic carbocycles. The molecular weight excluding hydrogens is 382 g/mol. The summed E-state index contributed by atoms with van der Waals surface area (Å²) in [6.07, 6.45) is 0. The van der Waals surface area contributed by atoms with Crippen LogP contribution in [-0.4, -0.2) is 8.42 Å². The Morgan fingerprint density at radius 2 is 1.74 bits per heavy atom. The van der Waals surface area contributed by atoms with E-state index in [0.29, 0.717) is 5.69 Å². The Bertz CT molecular complexity index is 702. The van der Waals surface area contributed by atoms with E-state index in [1.807, 2.05) is 0 Å². The summed E-state index contributed by atoms with van der Waals surface area (Å²) in [5.74, 6) is -0.655. The van der Waals surface area contributed by atoms with E-state index in [9.17, 15) is 12.8 Å². The van der Waals surface area contributed by atoms with Crippen molar-refractivity contribution in [2.75, 3.05) is 10.5 Å². The minimum absolute atomic E-state index is 0.000545. The first-order valence-corrected chi connectivity index (χ1v) is 7.78. The normalized spacial score (nSPS) is 11.3. The lowest BCUT2D eigenvalue weighted by atomic mass is 10.3. The first kappa shape index (κ1) is 14.1. The molecule has 19 heavy (non-hydrogen) atoms. The average Bonchev–Trinajstić information content (AvgIpc) is 2.35. The zero-order chi connectivity index (χ0) is 14.0. The van der Waals surface area contributed by atoms with E-state index in [1.54, 1.807) is 24.3 Å². The van der Waals surface area contributed by atoms with Crippen molar-refractivity contribution < 1.29 is 12.8 Å². The van der Waals surface area contributed by atoms with Gasteiger partial charge in [-0.25, -0.2) is 12.8 Å². The maximum atomic E-state index is 13.1. The Labute approximate surface area is 124 Å². The van der Waals surface area contributed by atoms with Crippen LogP contribution in [0.5, 0.6) is 0 Å². The minimum Gasteiger partial charge on any atom is -0.398 e. The van der Waals surface area contributed by atoms with Crippen LogP contribution in [0, 0.1) is 9.39 Å². The molecule has 0 atom stereocenters. The number of hydrogen-bond donors (Lipinski definition) is 2.